The third-order valence-corrected chi connectivity index (χ3v) is 3.62. The predicted molar refractivity (Wildman–Crippen MR) is 82.8 cm³/mol. The van der Waals surface area contributed by atoms with E-state index >= 15 is 0 Å². The number of hydrogen-bond donors (Lipinski definition) is 1. The van der Waals surface area contributed by atoms with Gasteiger partial charge >= 0.3 is 0 Å². The van der Waals surface area contributed by atoms with Crippen molar-refractivity contribution in [2.75, 3.05) is 19.0 Å². The molecule has 2 rings (SSSR count). The lowest BCUT2D eigenvalue weighted by Gasteiger charge is -2.17. The molecule has 0 heterocycles. The highest BCUT2D eigenvalue weighted by molar-refractivity contribution is 6.31. The van der Waals surface area contributed by atoms with Crippen molar-refractivity contribution >= 4 is 17.3 Å². The molecule has 0 aromatic heterocycles. The second kappa shape index (κ2) is 6.25. The maximum atomic E-state index is 13.0. The van der Waals surface area contributed by atoms with Crippen molar-refractivity contribution in [2.45, 2.75) is 12.5 Å². The lowest BCUT2D eigenvalue weighted by atomic mass is 9.99. The van der Waals surface area contributed by atoms with E-state index in [-0.39, 0.29) is 11.9 Å². The van der Waals surface area contributed by atoms with Crippen LogP contribution in [-0.2, 0) is 6.42 Å². The van der Waals surface area contributed by atoms with Gasteiger partial charge in [0.15, 0.2) is 0 Å². The van der Waals surface area contributed by atoms with Crippen LogP contribution < -0.4 is 10.6 Å². The lowest BCUT2D eigenvalue weighted by molar-refractivity contribution is 0.625. The van der Waals surface area contributed by atoms with Crippen LogP contribution in [0, 0.1) is 5.82 Å². The molecule has 1 atom stereocenters. The maximum absolute atomic E-state index is 13.0. The molecule has 0 aliphatic carbocycles. The van der Waals surface area contributed by atoms with Crippen LogP contribution in [0.4, 0.5) is 10.1 Å². The Morgan fingerprint density at radius 2 is 1.95 bits per heavy atom. The smallest absolute Gasteiger partial charge is 0.124 e. The summed E-state index contributed by atoms with van der Waals surface area (Å²) in [7, 11) is 3.98. The van der Waals surface area contributed by atoms with E-state index in [9.17, 15) is 4.39 Å². The average Bonchev–Trinajstić information content (AvgIpc) is 2.42. The molecule has 0 saturated carbocycles. The topological polar surface area (TPSA) is 29.3 Å². The number of anilines is 1. The van der Waals surface area contributed by atoms with Gasteiger partial charge in [0.1, 0.15) is 5.82 Å². The van der Waals surface area contributed by atoms with Gasteiger partial charge in [-0.1, -0.05) is 29.8 Å². The Bertz CT molecular complexity index is 599. The summed E-state index contributed by atoms with van der Waals surface area (Å²) in [6.07, 6.45) is 0.579. The Morgan fingerprint density at radius 3 is 2.60 bits per heavy atom. The summed E-state index contributed by atoms with van der Waals surface area (Å²) in [5, 5.41) is 0.421. The van der Waals surface area contributed by atoms with E-state index in [1.165, 1.54) is 12.1 Å². The maximum Gasteiger partial charge on any atom is 0.124 e. The lowest BCUT2D eigenvalue weighted by Crippen LogP contribution is -2.15. The normalized spacial score (nSPS) is 12.2. The molecule has 0 bridgehead atoms. The molecule has 0 spiro atoms. The standard InChI is InChI=1S/C16H18ClFN2/c1-20(2)14-5-3-4-12(8-14)16(19)9-11-6-7-13(18)10-15(11)17/h3-8,10,16H,9,19H2,1-2H3. The van der Waals surface area contributed by atoms with E-state index in [0.29, 0.717) is 11.4 Å². The highest BCUT2D eigenvalue weighted by atomic mass is 35.5. The molecule has 2 aromatic carbocycles. The van der Waals surface area contributed by atoms with E-state index in [2.05, 4.69) is 6.07 Å². The van der Waals surface area contributed by atoms with Gasteiger partial charge in [0.25, 0.3) is 0 Å². The van der Waals surface area contributed by atoms with Gasteiger partial charge in [-0.25, -0.2) is 4.39 Å². The van der Waals surface area contributed by atoms with Gasteiger partial charge in [0.05, 0.1) is 0 Å². The predicted octanol–water partition coefficient (Wildman–Crippen LogP) is 3.79. The third-order valence-electron chi connectivity index (χ3n) is 3.27. The monoisotopic (exact) mass is 292 g/mol. The van der Waals surface area contributed by atoms with E-state index < -0.39 is 0 Å². The zero-order chi connectivity index (χ0) is 14.7. The average molecular weight is 293 g/mol. The van der Waals surface area contributed by atoms with Gasteiger partial charge in [-0.15, -0.1) is 0 Å². The Hall–Kier alpha value is -1.58. The van der Waals surface area contributed by atoms with Crippen molar-refractivity contribution in [1.82, 2.24) is 0 Å². The minimum atomic E-state index is -0.332. The van der Waals surface area contributed by atoms with Gasteiger partial charge in [0, 0.05) is 30.8 Å². The molecular weight excluding hydrogens is 275 g/mol. The summed E-state index contributed by atoms with van der Waals surface area (Å²) < 4.78 is 13.0. The Labute approximate surface area is 124 Å². The molecule has 1 unspecified atom stereocenters. The van der Waals surface area contributed by atoms with Crippen molar-refractivity contribution in [1.29, 1.82) is 0 Å². The summed E-state index contributed by atoms with van der Waals surface area (Å²) in [5.41, 5.74) is 9.23. The van der Waals surface area contributed by atoms with Crippen LogP contribution in [0.3, 0.4) is 0 Å². The Morgan fingerprint density at radius 1 is 1.20 bits per heavy atom. The van der Waals surface area contributed by atoms with Crippen LogP contribution in [0.1, 0.15) is 17.2 Å². The fourth-order valence-electron chi connectivity index (χ4n) is 2.08. The molecule has 2 nitrogen and oxygen atoms in total. The Kier molecular flexibility index (Phi) is 4.63. The molecule has 0 aliphatic heterocycles. The molecule has 2 aromatic rings. The van der Waals surface area contributed by atoms with E-state index in [0.717, 1.165) is 16.8 Å². The van der Waals surface area contributed by atoms with Crippen LogP contribution in [0.25, 0.3) is 0 Å². The number of nitrogens with two attached hydrogens (primary N) is 1. The molecule has 4 heteroatoms. The first kappa shape index (κ1) is 14.8. The van der Waals surface area contributed by atoms with Crippen molar-refractivity contribution in [3.05, 3.63) is 64.4 Å². The van der Waals surface area contributed by atoms with Gasteiger partial charge in [-0.05, 0) is 41.8 Å². The molecule has 0 amide bonds. The number of rotatable bonds is 4. The van der Waals surface area contributed by atoms with Crippen LogP contribution >= 0.6 is 11.6 Å². The summed E-state index contributed by atoms with van der Waals surface area (Å²) in [5.74, 6) is -0.332. The van der Waals surface area contributed by atoms with Crippen molar-refractivity contribution < 1.29 is 4.39 Å². The van der Waals surface area contributed by atoms with Crippen LogP contribution in [-0.4, -0.2) is 14.1 Å². The number of nitrogens with zero attached hydrogens (tertiary/aromatic N) is 1. The summed E-state index contributed by atoms with van der Waals surface area (Å²) in [6.45, 7) is 0. The fraction of sp³-hybridized carbons (Fsp3) is 0.250. The second-order valence-corrected chi connectivity index (χ2v) is 5.44. The SMILES string of the molecule is CN(C)c1cccc(C(N)Cc2ccc(F)cc2Cl)c1. The quantitative estimate of drug-likeness (QED) is 0.929. The van der Waals surface area contributed by atoms with Gasteiger partial charge < -0.3 is 10.6 Å². The van der Waals surface area contributed by atoms with E-state index in [1.54, 1.807) is 6.07 Å². The summed E-state index contributed by atoms with van der Waals surface area (Å²) in [4.78, 5) is 2.03. The molecule has 0 aliphatic rings. The second-order valence-electron chi connectivity index (χ2n) is 5.04. The fourth-order valence-corrected chi connectivity index (χ4v) is 2.32. The van der Waals surface area contributed by atoms with Gasteiger partial charge in [-0.2, -0.15) is 0 Å². The number of benzene rings is 2. The van der Waals surface area contributed by atoms with E-state index in [4.69, 9.17) is 17.3 Å². The molecule has 0 saturated heterocycles. The zero-order valence-electron chi connectivity index (χ0n) is 11.6. The summed E-state index contributed by atoms with van der Waals surface area (Å²) >= 11 is 6.04. The number of halogens is 2. The molecular formula is C16H18ClFN2. The highest BCUT2D eigenvalue weighted by Gasteiger charge is 2.11. The van der Waals surface area contributed by atoms with Crippen molar-refractivity contribution in [3.8, 4) is 0 Å². The van der Waals surface area contributed by atoms with Crippen molar-refractivity contribution in [3.63, 3.8) is 0 Å². The molecule has 0 radical (unpaired) electrons. The largest absolute Gasteiger partial charge is 0.378 e. The van der Waals surface area contributed by atoms with Crippen LogP contribution in [0.5, 0.6) is 0 Å². The minimum Gasteiger partial charge on any atom is -0.378 e. The highest BCUT2D eigenvalue weighted by Crippen LogP contribution is 2.25. The van der Waals surface area contributed by atoms with Crippen LogP contribution in [0.2, 0.25) is 5.02 Å². The molecule has 20 heavy (non-hydrogen) atoms. The van der Waals surface area contributed by atoms with Crippen molar-refractivity contribution in [2.24, 2.45) is 5.73 Å². The number of hydrogen-bond acceptors (Lipinski definition) is 2. The molecule has 0 fully saturated rings. The van der Waals surface area contributed by atoms with E-state index in [1.807, 2.05) is 37.2 Å². The third kappa shape index (κ3) is 3.50. The first-order valence-electron chi connectivity index (χ1n) is 6.44. The molecule has 2 N–H and O–H groups in total. The minimum absolute atomic E-state index is 0.169. The first-order chi connectivity index (χ1) is 9.47. The van der Waals surface area contributed by atoms with Gasteiger partial charge in [0.2, 0.25) is 0 Å². The Balaban J connectivity index is 2.19. The summed E-state index contributed by atoms with van der Waals surface area (Å²) in [6, 6.07) is 12.3. The zero-order valence-corrected chi connectivity index (χ0v) is 12.4. The van der Waals surface area contributed by atoms with Gasteiger partial charge in [-0.3, -0.25) is 0 Å². The first-order valence-corrected chi connectivity index (χ1v) is 6.82. The van der Waals surface area contributed by atoms with Crippen LogP contribution in [0.15, 0.2) is 42.5 Å². The molecule has 106 valence electrons.